The predicted octanol–water partition coefficient (Wildman–Crippen LogP) is 2.84. The van der Waals surface area contributed by atoms with Crippen LogP contribution in [0, 0.1) is 6.92 Å². The number of rotatable bonds is 5. The number of nitrogens with zero attached hydrogens (tertiary/aromatic N) is 1. The van der Waals surface area contributed by atoms with Crippen LogP contribution < -0.4 is 0 Å². The van der Waals surface area contributed by atoms with Gasteiger partial charge in [0.15, 0.2) is 0 Å². The van der Waals surface area contributed by atoms with Gasteiger partial charge in [-0.1, -0.05) is 37.5 Å². The maximum absolute atomic E-state index is 13.0. The number of unbranched alkanes of at least 4 members (excludes halogenated alkanes) is 1. The van der Waals surface area contributed by atoms with Crippen LogP contribution in [0.4, 0.5) is 0 Å². The summed E-state index contributed by atoms with van der Waals surface area (Å²) in [6, 6.07) is 6.79. The molecule has 1 aliphatic carbocycles. The molecule has 5 heteroatoms. The summed E-state index contributed by atoms with van der Waals surface area (Å²) >= 11 is 0. The fourth-order valence-electron chi connectivity index (χ4n) is 3.99. The predicted molar refractivity (Wildman–Crippen MR) is 86.1 cm³/mol. The Bertz CT molecular complexity index is 640. The van der Waals surface area contributed by atoms with Gasteiger partial charge in [0.2, 0.25) is 10.0 Å². The highest BCUT2D eigenvalue weighted by Gasteiger charge is 2.70. The Morgan fingerprint density at radius 3 is 2.64 bits per heavy atom. The molecule has 2 aliphatic rings. The van der Waals surface area contributed by atoms with E-state index in [-0.39, 0.29) is 11.6 Å². The third-order valence-electron chi connectivity index (χ3n) is 5.19. The first-order valence-electron chi connectivity index (χ1n) is 8.23. The molecule has 1 aromatic carbocycles. The van der Waals surface area contributed by atoms with Crippen LogP contribution in [0.1, 0.15) is 51.0 Å². The molecule has 4 nitrogen and oxygen atoms in total. The first-order chi connectivity index (χ1) is 10.4. The van der Waals surface area contributed by atoms with E-state index >= 15 is 0 Å². The zero-order valence-electron chi connectivity index (χ0n) is 13.3. The van der Waals surface area contributed by atoms with Crippen LogP contribution in [0.3, 0.4) is 0 Å². The summed E-state index contributed by atoms with van der Waals surface area (Å²) in [6.45, 7) is 4.06. The Hall–Kier alpha value is -0.910. The van der Waals surface area contributed by atoms with Crippen molar-refractivity contribution in [2.45, 2.75) is 75.0 Å². The molecule has 1 heterocycles. The van der Waals surface area contributed by atoms with Gasteiger partial charge in [-0.05, 0) is 44.7 Å². The Labute approximate surface area is 133 Å². The van der Waals surface area contributed by atoms with Crippen molar-refractivity contribution < 1.29 is 13.5 Å². The van der Waals surface area contributed by atoms with Gasteiger partial charge in [-0.2, -0.15) is 4.31 Å². The molecule has 1 aliphatic heterocycles. The van der Waals surface area contributed by atoms with Crippen molar-refractivity contribution in [1.82, 2.24) is 4.31 Å². The van der Waals surface area contributed by atoms with Crippen molar-refractivity contribution in [2.75, 3.05) is 0 Å². The first-order valence-corrected chi connectivity index (χ1v) is 9.67. The maximum Gasteiger partial charge on any atom is 0.244 e. The minimum Gasteiger partial charge on any atom is -0.391 e. The van der Waals surface area contributed by atoms with E-state index in [1.54, 1.807) is 16.4 Å². The van der Waals surface area contributed by atoms with Gasteiger partial charge in [0, 0.05) is 0 Å². The third-order valence-corrected chi connectivity index (χ3v) is 7.17. The molecule has 0 aromatic heterocycles. The number of aryl methyl sites for hydroxylation is 1. The number of benzene rings is 1. The lowest BCUT2D eigenvalue weighted by molar-refractivity contribution is 0.131. The molecule has 1 saturated carbocycles. The van der Waals surface area contributed by atoms with E-state index in [2.05, 4.69) is 6.92 Å². The van der Waals surface area contributed by atoms with E-state index < -0.39 is 16.1 Å². The fraction of sp³-hybridized carbons (Fsp3) is 0.647. The quantitative estimate of drug-likeness (QED) is 0.848. The molecule has 2 fully saturated rings. The number of fused-ring (bicyclic) bond motifs is 1. The zero-order valence-corrected chi connectivity index (χ0v) is 14.1. The summed E-state index contributed by atoms with van der Waals surface area (Å²) in [5, 5.41) is 10.3. The minimum absolute atomic E-state index is 0.223. The molecule has 1 saturated heterocycles. The van der Waals surface area contributed by atoms with Crippen molar-refractivity contribution in [3.05, 3.63) is 29.8 Å². The van der Waals surface area contributed by atoms with Crippen LogP contribution in [0.15, 0.2) is 29.2 Å². The fourth-order valence-corrected chi connectivity index (χ4v) is 6.06. The molecular formula is C17H25NO3S. The van der Waals surface area contributed by atoms with E-state index in [1.165, 1.54) is 0 Å². The summed E-state index contributed by atoms with van der Waals surface area (Å²) < 4.78 is 27.6. The lowest BCUT2D eigenvalue weighted by Gasteiger charge is -2.22. The van der Waals surface area contributed by atoms with Crippen LogP contribution >= 0.6 is 0 Å². The van der Waals surface area contributed by atoms with Crippen LogP contribution in [0.2, 0.25) is 0 Å². The molecule has 1 aromatic rings. The highest BCUT2D eigenvalue weighted by molar-refractivity contribution is 7.89. The van der Waals surface area contributed by atoms with Crippen molar-refractivity contribution in [2.24, 2.45) is 0 Å². The summed E-state index contributed by atoms with van der Waals surface area (Å²) in [6.07, 6.45) is 4.87. The number of aliphatic hydroxyl groups excluding tert-OH is 1. The van der Waals surface area contributed by atoms with Crippen LogP contribution in [-0.2, 0) is 10.0 Å². The van der Waals surface area contributed by atoms with Gasteiger partial charge in [-0.25, -0.2) is 8.42 Å². The van der Waals surface area contributed by atoms with E-state index in [9.17, 15) is 13.5 Å². The molecule has 4 atom stereocenters. The van der Waals surface area contributed by atoms with Crippen LogP contribution in [-0.4, -0.2) is 35.5 Å². The second-order valence-electron chi connectivity index (χ2n) is 6.73. The summed E-state index contributed by atoms with van der Waals surface area (Å²) in [5.41, 5.74) is 0.708. The second kappa shape index (κ2) is 5.62. The molecule has 0 bridgehead atoms. The number of aliphatic hydroxyl groups is 1. The highest BCUT2D eigenvalue weighted by atomic mass is 32.2. The molecule has 0 spiro atoms. The van der Waals surface area contributed by atoms with E-state index in [0.29, 0.717) is 11.3 Å². The summed E-state index contributed by atoms with van der Waals surface area (Å²) in [5.74, 6) is 0. The molecule has 122 valence electrons. The van der Waals surface area contributed by atoms with Gasteiger partial charge in [-0.15, -0.1) is 0 Å². The Morgan fingerprint density at radius 1 is 1.32 bits per heavy atom. The van der Waals surface area contributed by atoms with E-state index in [0.717, 1.165) is 37.7 Å². The number of sulfonamides is 1. The van der Waals surface area contributed by atoms with Gasteiger partial charge >= 0.3 is 0 Å². The van der Waals surface area contributed by atoms with E-state index in [4.69, 9.17) is 0 Å². The van der Waals surface area contributed by atoms with Crippen molar-refractivity contribution in [3.63, 3.8) is 0 Å². The SMILES string of the molecule is CCCC[C@]12CCC[C@@H](O)[C@H]1N2S(=O)(=O)c1ccc(C)cc1. The largest absolute Gasteiger partial charge is 0.391 e. The van der Waals surface area contributed by atoms with Gasteiger partial charge < -0.3 is 5.11 Å². The van der Waals surface area contributed by atoms with Gasteiger partial charge in [0.1, 0.15) is 0 Å². The highest BCUT2D eigenvalue weighted by Crippen LogP contribution is 2.56. The van der Waals surface area contributed by atoms with Gasteiger partial charge in [0.05, 0.1) is 22.6 Å². The average molecular weight is 323 g/mol. The minimum atomic E-state index is -3.51. The Kier molecular flexibility index (Phi) is 4.08. The number of hydrogen-bond acceptors (Lipinski definition) is 3. The van der Waals surface area contributed by atoms with Crippen molar-refractivity contribution in [1.29, 1.82) is 0 Å². The number of hydrogen-bond donors (Lipinski definition) is 1. The van der Waals surface area contributed by atoms with Gasteiger partial charge in [0.25, 0.3) is 0 Å². The molecule has 1 unspecified atom stereocenters. The second-order valence-corrected chi connectivity index (χ2v) is 8.54. The zero-order chi connectivity index (χ0) is 16.0. The first kappa shape index (κ1) is 16.0. The molecule has 0 radical (unpaired) electrons. The van der Waals surface area contributed by atoms with Crippen LogP contribution in [0.5, 0.6) is 0 Å². The third kappa shape index (κ3) is 2.39. The molecular weight excluding hydrogens is 298 g/mol. The lowest BCUT2D eigenvalue weighted by atomic mass is 9.84. The monoisotopic (exact) mass is 323 g/mol. The lowest BCUT2D eigenvalue weighted by Crippen LogP contribution is -2.29. The van der Waals surface area contributed by atoms with Crippen molar-refractivity contribution >= 4 is 10.0 Å². The van der Waals surface area contributed by atoms with Crippen molar-refractivity contribution in [3.8, 4) is 0 Å². The molecule has 1 N–H and O–H groups in total. The smallest absolute Gasteiger partial charge is 0.244 e. The summed E-state index contributed by atoms with van der Waals surface area (Å²) in [4.78, 5) is 0.343. The Morgan fingerprint density at radius 2 is 2.00 bits per heavy atom. The molecule has 3 rings (SSSR count). The van der Waals surface area contributed by atoms with Gasteiger partial charge in [-0.3, -0.25) is 0 Å². The average Bonchev–Trinajstić information content (AvgIpc) is 3.17. The summed E-state index contributed by atoms with van der Waals surface area (Å²) in [7, 11) is -3.51. The Balaban J connectivity index is 1.94. The van der Waals surface area contributed by atoms with E-state index in [1.807, 2.05) is 19.1 Å². The van der Waals surface area contributed by atoms with Crippen LogP contribution in [0.25, 0.3) is 0 Å². The maximum atomic E-state index is 13.0. The topological polar surface area (TPSA) is 57.4 Å². The normalized spacial score (nSPS) is 34.2. The molecule has 22 heavy (non-hydrogen) atoms. The molecule has 0 amide bonds. The standard InChI is InChI=1S/C17H25NO3S/c1-3-4-11-17-12-5-6-15(19)16(17)18(17)22(20,21)14-9-7-13(2)8-10-14/h7-10,15-16,19H,3-6,11-12H2,1-2H3/t15-,16-,17+,18?/m1/s1.